The highest BCUT2D eigenvalue weighted by Crippen LogP contribution is 2.49. The van der Waals surface area contributed by atoms with Crippen LogP contribution in [0, 0.1) is 20.8 Å². The number of hydrogen-bond donors (Lipinski definition) is 3. The summed E-state index contributed by atoms with van der Waals surface area (Å²) in [5.74, 6) is -3.47. The van der Waals surface area contributed by atoms with Crippen LogP contribution in [0.1, 0.15) is 38.2 Å². The summed E-state index contributed by atoms with van der Waals surface area (Å²) < 4.78 is 15.0. The molecule has 0 amide bonds. The van der Waals surface area contributed by atoms with Gasteiger partial charge in [0.25, 0.3) is 0 Å². The Morgan fingerprint density at radius 2 is 1.05 bits per heavy atom. The molecule has 0 atom stereocenters. The number of aliphatic carboxylic acids is 3. The molecule has 0 aliphatic carbocycles. The van der Waals surface area contributed by atoms with Gasteiger partial charge in [0.1, 0.15) is 0 Å². The van der Waals surface area contributed by atoms with Gasteiger partial charge in [-0.05, 0) is 55.6 Å². The summed E-state index contributed by atoms with van der Waals surface area (Å²) in [4.78, 5) is 52.0. The van der Waals surface area contributed by atoms with Crippen molar-refractivity contribution in [1.29, 1.82) is 0 Å². The number of carbonyl (C=O) groups excluding carboxylic acids is 1. The molecule has 3 N–H and O–H groups in total. The number of likely N-dealkylation sites (N-methyl/N-ethyl adjacent to an activating group) is 1. The lowest BCUT2D eigenvalue weighted by molar-refractivity contribution is -0.142. The Morgan fingerprint density at radius 3 is 1.45 bits per heavy atom. The molecule has 0 fully saturated rings. The van der Waals surface area contributed by atoms with E-state index in [9.17, 15) is 34.5 Å². The lowest BCUT2D eigenvalue weighted by atomic mass is 9.88. The molecule has 0 radical (unpaired) electrons. The average molecular weight is 595 g/mol. The second kappa shape index (κ2) is 13.7. The summed E-state index contributed by atoms with van der Waals surface area (Å²) in [6.07, 6.45) is 0. The largest absolute Gasteiger partial charge is 0.480 e. The Morgan fingerprint density at radius 1 is 0.643 bits per heavy atom. The summed E-state index contributed by atoms with van der Waals surface area (Å²) in [5.41, 5.74) is 2.41. The summed E-state index contributed by atoms with van der Waals surface area (Å²) in [6, 6.07) is 17.0. The SMILES string of the molecule is Cc1c(CN(C)CC(=O)O)c(C)c(C(=O)P(=O)(c2ccccc2)c2ccccc2)c(C)c1CN(CC(=O)O)CC(=O)O. The van der Waals surface area contributed by atoms with Gasteiger partial charge in [0.2, 0.25) is 12.7 Å². The van der Waals surface area contributed by atoms with Crippen molar-refractivity contribution in [2.45, 2.75) is 33.9 Å². The fourth-order valence-electron chi connectivity index (χ4n) is 5.27. The molecule has 0 aliphatic heterocycles. The van der Waals surface area contributed by atoms with Gasteiger partial charge in [-0.2, -0.15) is 0 Å². The molecule has 11 heteroatoms. The first-order valence-corrected chi connectivity index (χ1v) is 14.9. The minimum atomic E-state index is -3.93. The van der Waals surface area contributed by atoms with Crippen LogP contribution in [0.2, 0.25) is 0 Å². The van der Waals surface area contributed by atoms with Gasteiger partial charge in [-0.1, -0.05) is 60.7 Å². The molecule has 42 heavy (non-hydrogen) atoms. The van der Waals surface area contributed by atoms with Crippen molar-refractivity contribution in [2.24, 2.45) is 0 Å². The van der Waals surface area contributed by atoms with E-state index in [1.165, 1.54) is 4.90 Å². The van der Waals surface area contributed by atoms with E-state index < -0.39 is 43.7 Å². The van der Waals surface area contributed by atoms with Crippen LogP contribution < -0.4 is 10.6 Å². The van der Waals surface area contributed by atoms with E-state index in [0.29, 0.717) is 38.4 Å². The molecule has 0 aliphatic rings. The third-order valence-corrected chi connectivity index (χ3v) is 10.1. The topological polar surface area (TPSA) is 153 Å². The molecule has 3 aromatic carbocycles. The fourth-order valence-corrected chi connectivity index (χ4v) is 7.87. The Kier molecular flexibility index (Phi) is 10.6. The number of nitrogens with zero attached hydrogens (tertiary/aromatic N) is 2. The van der Waals surface area contributed by atoms with Gasteiger partial charge in [0.05, 0.1) is 19.6 Å². The van der Waals surface area contributed by atoms with Crippen LogP contribution in [-0.2, 0) is 32.0 Å². The first-order valence-electron chi connectivity index (χ1n) is 13.2. The normalized spacial score (nSPS) is 11.6. The maximum atomic E-state index is 15.0. The van der Waals surface area contributed by atoms with E-state index in [2.05, 4.69) is 0 Å². The van der Waals surface area contributed by atoms with Gasteiger partial charge in [-0.15, -0.1) is 0 Å². The Hall–Kier alpha value is -4.11. The smallest absolute Gasteiger partial charge is 0.317 e. The summed E-state index contributed by atoms with van der Waals surface area (Å²) in [6.45, 7) is 3.85. The summed E-state index contributed by atoms with van der Waals surface area (Å²) in [7, 11) is -2.31. The van der Waals surface area contributed by atoms with E-state index in [4.69, 9.17) is 0 Å². The van der Waals surface area contributed by atoms with Crippen LogP contribution in [-0.4, -0.2) is 75.2 Å². The second-order valence-electron chi connectivity index (χ2n) is 10.3. The zero-order valence-corrected chi connectivity index (χ0v) is 24.9. The van der Waals surface area contributed by atoms with Crippen molar-refractivity contribution in [3.8, 4) is 0 Å². The van der Waals surface area contributed by atoms with Gasteiger partial charge < -0.3 is 19.9 Å². The third-order valence-electron chi connectivity index (χ3n) is 7.23. The van der Waals surface area contributed by atoms with Crippen molar-refractivity contribution in [1.82, 2.24) is 9.80 Å². The van der Waals surface area contributed by atoms with Crippen LogP contribution in [0.25, 0.3) is 0 Å². The van der Waals surface area contributed by atoms with Crippen LogP contribution in [0.4, 0.5) is 0 Å². The maximum Gasteiger partial charge on any atom is 0.317 e. The predicted molar refractivity (Wildman–Crippen MR) is 159 cm³/mol. The number of carboxylic acids is 3. The second-order valence-corrected chi connectivity index (χ2v) is 12.9. The predicted octanol–water partition coefficient (Wildman–Crippen LogP) is 3.25. The van der Waals surface area contributed by atoms with Gasteiger partial charge in [0.15, 0.2) is 0 Å². The molecule has 10 nitrogen and oxygen atoms in total. The molecule has 0 saturated heterocycles. The van der Waals surface area contributed by atoms with Crippen LogP contribution in [0.5, 0.6) is 0 Å². The molecule has 0 aromatic heterocycles. The third kappa shape index (κ3) is 7.20. The van der Waals surface area contributed by atoms with E-state index in [1.807, 2.05) is 0 Å². The monoisotopic (exact) mass is 594 g/mol. The van der Waals surface area contributed by atoms with Gasteiger partial charge in [0, 0.05) is 29.3 Å². The van der Waals surface area contributed by atoms with Crippen LogP contribution in [0.15, 0.2) is 60.7 Å². The Labute approximate surface area is 244 Å². The first kappa shape index (κ1) is 32.4. The van der Waals surface area contributed by atoms with E-state index in [-0.39, 0.29) is 25.2 Å². The Bertz CT molecular complexity index is 1480. The zero-order valence-electron chi connectivity index (χ0n) is 24.0. The Balaban J connectivity index is 2.33. The highest BCUT2D eigenvalue weighted by Gasteiger charge is 2.39. The van der Waals surface area contributed by atoms with Crippen molar-refractivity contribution in [2.75, 3.05) is 26.7 Å². The minimum absolute atomic E-state index is 0.104. The molecule has 0 unspecified atom stereocenters. The highest BCUT2D eigenvalue weighted by molar-refractivity contribution is 7.93. The molecule has 3 rings (SSSR count). The summed E-state index contributed by atoms with van der Waals surface area (Å²) in [5, 5.41) is 28.9. The molecular formula is C31H35N2O8P. The lowest BCUT2D eigenvalue weighted by Crippen LogP contribution is -2.35. The van der Waals surface area contributed by atoms with Gasteiger partial charge in [-0.25, -0.2) is 0 Å². The summed E-state index contributed by atoms with van der Waals surface area (Å²) >= 11 is 0. The molecule has 0 bridgehead atoms. The van der Waals surface area contributed by atoms with Crippen LogP contribution in [0.3, 0.4) is 0 Å². The van der Waals surface area contributed by atoms with Crippen molar-refractivity contribution in [3.05, 3.63) is 94.0 Å². The van der Waals surface area contributed by atoms with E-state index >= 15 is 4.57 Å². The first-order chi connectivity index (χ1) is 19.8. The zero-order chi connectivity index (χ0) is 31.2. The molecule has 3 aromatic rings. The molecular weight excluding hydrogens is 559 g/mol. The van der Waals surface area contributed by atoms with Crippen molar-refractivity contribution >= 4 is 41.2 Å². The van der Waals surface area contributed by atoms with Gasteiger partial charge >= 0.3 is 17.9 Å². The number of carbonyl (C=O) groups is 4. The highest BCUT2D eigenvalue weighted by atomic mass is 31.2. The van der Waals surface area contributed by atoms with Crippen LogP contribution >= 0.6 is 7.14 Å². The minimum Gasteiger partial charge on any atom is -0.480 e. The average Bonchev–Trinajstić information content (AvgIpc) is 2.92. The van der Waals surface area contributed by atoms with E-state index in [0.717, 1.165) is 0 Å². The number of carboxylic acid groups (broad SMARTS) is 3. The lowest BCUT2D eigenvalue weighted by Gasteiger charge is -2.28. The molecule has 222 valence electrons. The number of hydrogen-bond acceptors (Lipinski definition) is 7. The standard InChI is InChI=1S/C31H35N2O8P/c1-20-25(15-32(4)17-27(34)35)21(2)30(22(3)26(20)16-33(18-28(36)37)19-29(38)39)31(40)42(41,23-11-7-5-8-12-23)24-13-9-6-10-14-24/h5-14H,15-19H2,1-4H3,(H,34,35)(H,36,37)(H,38,39). The maximum absolute atomic E-state index is 15.0. The fraction of sp³-hybridized carbons (Fsp3) is 0.290. The molecule has 0 saturated carbocycles. The molecule has 0 heterocycles. The quantitative estimate of drug-likeness (QED) is 0.237. The molecule has 0 spiro atoms. The van der Waals surface area contributed by atoms with Crippen molar-refractivity contribution in [3.63, 3.8) is 0 Å². The van der Waals surface area contributed by atoms with Gasteiger partial charge in [-0.3, -0.25) is 29.0 Å². The number of rotatable bonds is 14. The van der Waals surface area contributed by atoms with E-state index in [1.54, 1.807) is 93.4 Å². The van der Waals surface area contributed by atoms with Crippen molar-refractivity contribution < 1.29 is 39.1 Å². The number of benzene rings is 3.